The minimum Gasteiger partial charge on any atom is -0.456 e. The summed E-state index contributed by atoms with van der Waals surface area (Å²) in [4.78, 5) is 2.35. The summed E-state index contributed by atoms with van der Waals surface area (Å²) < 4.78 is 8.88. The Labute approximate surface area is 357 Å². The predicted molar refractivity (Wildman–Crippen MR) is 261 cm³/mol. The average Bonchev–Trinajstić information content (AvgIpc) is 3.90. The van der Waals surface area contributed by atoms with Crippen molar-refractivity contribution in [1.82, 2.24) is 0 Å². The van der Waals surface area contributed by atoms with Crippen molar-refractivity contribution >= 4 is 81.3 Å². The molecular formula is C58H37NOS. The van der Waals surface area contributed by atoms with Crippen LogP contribution in [0.1, 0.15) is 0 Å². The van der Waals surface area contributed by atoms with Crippen molar-refractivity contribution in [3.05, 3.63) is 224 Å². The van der Waals surface area contributed by atoms with Gasteiger partial charge in [0.15, 0.2) is 0 Å². The van der Waals surface area contributed by atoms with Gasteiger partial charge in [0, 0.05) is 48.0 Å². The molecule has 3 heteroatoms. The highest BCUT2D eigenvalue weighted by Crippen LogP contribution is 2.41. The summed E-state index contributed by atoms with van der Waals surface area (Å²) in [5.74, 6) is 0. The Morgan fingerprint density at radius 2 is 0.787 bits per heavy atom. The number of rotatable bonds is 7. The smallest absolute Gasteiger partial charge is 0.136 e. The normalized spacial score (nSPS) is 11.6. The highest BCUT2D eigenvalue weighted by Gasteiger charge is 2.16. The minimum atomic E-state index is 0.902. The largest absolute Gasteiger partial charge is 0.456 e. The lowest BCUT2D eigenvalue weighted by Crippen LogP contribution is -2.09. The van der Waals surface area contributed by atoms with Gasteiger partial charge in [-0.05, 0) is 128 Å². The van der Waals surface area contributed by atoms with E-state index < -0.39 is 0 Å². The van der Waals surface area contributed by atoms with Crippen LogP contribution < -0.4 is 4.90 Å². The summed E-state index contributed by atoms with van der Waals surface area (Å²) in [6.45, 7) is 0. The van der Waals surface area contributed by atoms with E-state index in [1.54, 1.807) is 0 Å². The average molecular weight is 796 g/mol. The van der Waals surface area contributed by atoms with E-state index in [0.717, 1.165) is 50.1 Å². The van der Waals surface area contributed by atoms with Crippen LogP contribution >= 0.6 is 11.3 Å². The lowest BCUT2D eigenvalue weighted by Gasteiger charge is -2.26. The molecule has 0 saturated heterocycles. The molecule has 2 heterocycles. The fraction of sp³-hybridized carbons (Fsp3) is 0. The van der Waals surface area contributed by atoms with E-state index in [2.05, 4.69) is 217 Å². The van der Waals surface area contributed by atoms with Gasteiger partial charge in [-0.25, -0.2) is 0 Å². The quantitative estimate of drug-likeness (QED) is 0.160. The van der Waals surface area contributed by atoms with Gasteiger partial charge in [0.05, 0.1) is 0 Å². The zero-order valence-electron chi connectivity index (χ0n) is 33.1. The molecule has 10 aromatic carbocycles. The number of thiophene rings is 1. The van der Waals surface area contributed by atoms with Gasteiger partial charge in [0.2, 0.25) is 0 Å². The summed E-state index contributed by atoms with van der Waals surface area (Å²) in [7, 11) is 0. The number of nitrogens with zero attached hydrogens (tertiary/aromatic N) is 1. The van der Waals surface area contributed by atoms with Gasteiger partial charge in [-0.15, -0.1) is 11.3 Å². The number of anilines is 3. The number of hydrogen-bond acceptors (Lipinski definition) is 3. The van der Waals surface area contributed by atoms with Crippen LogP contribution in [0, 0.1) is 0 Å². The third-order valence-corrected chi connectivity index (χ3v) is 13.2. The number of para-hydroxylation sites is 1. The van der Waals surface area contributed by atoms with E-state index in [-0.39, 0.29) is 0 Å². The van der Waals surface area contributed by atoms with Gasteiger partial charge >= 0.3 is 0 Å². The molecule has 0 spiro atoms. The molecule has 0 N–H and O–H groups in total. The minimum absolute atomic E-state index is 0.902. The molecule has 12 aromatic rings. The molecule has 12 rings (SSSR count). The Balaban J connectivity index is 0.904. The molecule has 0 saturated carbocycles. The van der Waals surface area contributed by atoms with Crippen LogP contribution in [-0.2, 0) is 0 Å². The van der Waals surface area contributed by atoms with Crippen molar-refractivity contribution < 1.29 is 4.42 Å². The highest BCUT2D eigenvalue weighted by atomic mass is 32.1. The van der Waals surface area contributed by atoms with Gasteiger partial charge in [0.25, 0.3) is 0 Å². The molecule has 286 valence electrons. The first-order chi connectivity index (χ1) is 30.2. The van der Waals surface area contributed by atoms with Crippen molar-refractivity contribution in [2.45, 2.75) is 0 Å². The van der Waals surface area contributed by atoms with Gasteiger partial charge in [-0.3, -0.25) is 0 Å². The van der Waals surface area contributed by atoms with Crippen LogP contribution in [0.15, 0.2) is 229 Å². The molecule has 0 aliphatic carbocycles. The lowest BCUT2D eigenvalue weighted by atomic mass is 9.95. The summed E-state index contributed by atoms with van der Waals surface area (Å²) >= 11 is 1.86. The second-order valence-corrected chi connectivity index (χ2v) is 16.8. The molecule has 0 aliphatic rings. The third-order valence-electron chi connectivity index (χ3n) is 12.1. The summed E-state index contributed by atoms with van der Waals surface area (Å²) in [6.07, 6.45) is 0. The van der Waals surface area contributed by atoms with Crippen molar-refractivity contribution in [2.75, 3.05) is 4.90 Å². The van der Waals surface area contributed by atoms with E-state index >= 15 is 0 Å². The van der Waals surface area contributed by atoms with Crippen LogP contribution in [0.4, 0.5) is 17.1 Å². The van der Waals surface area contributed by atoms with Crippen LogP contribution in [0.3, 0.4) is 0 Å². The van der Waals surface area contributed by atoms with Gasteiger partial charge in [0.1, 0.15) is 11.2 Å². The second-order valence-electron chi connectivity index (χ2n) is 15.7. The van der Waals surface area contributed by atoms with Crippen LogP contribution in [0.5, 0.6) is 0 Å². The maximum atomic E-state index is 6.25. The Morgan fingerprint density at radius 1 is 0.295 bits per heavy atom. The molecule has 2 aromatic heterocycles. The Kier molecular flexibility index (Phi) is 8.39. The lowest BCUT2D eigenvalue weighted by molar-refractivity contribution is 0.669. The fourth-order valence-corrected chi connectivity index (χ4v) is 10.2. The molecule has 0 fully saturated rings. The van der Waals surface area contributed by atoms with Crippen LogP contribution in [0.25, 0.3) is 97.4 Å². The fourth-order valence-electron chi connectivity index (χ4n) is 9.01. The molecular weight excluding hydrogens is 759 g/mol. The second kappa shape index (κ2) is 14.5. The van der Waals surface area contributed by atoms with Crippen LogP contribution in [0.2, 0.25) is 0 Å². The van der Waals surface area contributed by atoms with Crippen molar-refractivity contribution in [3.8, 4) is 44.5 Å². The molecule has 0 unspecified atom stereocenters. The third kappa shape index (κ3) is 6.26. The van der Waals surface area contributed by atoms with Crippen LogP contribution in [-0.4, -0.2) is 0 Å². The maximum Gasteiger partial charge on any atom is 0.136 e. The first kappa shape index (κ1) is 35.2. The highest BCUT2D eigenvalue weighted by molar-refractivity contribution is 7.25. The predicted octanol–water partition coefficient (Wildman–Crippen LogP) is 17.2. The van der Waals surface area contributed by atoms with Gasteiger partial charge < -0.3 is 9.32 Å². The molecule has 61 heavy (non-hydrogen) atoms. The molecule has 0 amide bonds. The standard InChI is InChI=1S/C58H37NOS/c1-2-13-49-41(9-1)10-8-16-50(49)45-12-7-11-42(35-45)38-19-27-46(28-20-38)59(47-29-21-39(22-30-47)43-25-33-52-51-14-3-5-17-55(51)60-56(52)36-43)48-31-23-40(24-32-48)44-26-34-54-53-15-4-6-18-57(53)61-58(54)37-44/h1-37H. The number of hydrogen-bond donors (Lipinski definition) is 0. The zero-order valence-corrected chi connectivity index (χ0v) is 33.9. The van der Waals surface area contributed by atoms with Gasteiger partial charge in [-0.1, -0.05) is 152 Å². The first-order valence-electron chi connectivity index (χ1n) is 20.7. The maximum absolute atomic E-state index is 6.25. The summed E-state index contributed by atoms with van der Waals surface area (Å²) in [5, 5.41) is 7.44. The number of benzene rings is 10. The molecule has 2 nitrogen and oxygen atoms in total. The SMILES string of the molecule is c1cc(-c2ccc(N(c3ccc(-c4ccc5c(c4)oc4ccccc45)cc3)c3ccc(-c4ccc5c(c4)sc4ccccc45)cc3)cc2)cc(-c2cccc3ccccc23)c1. The summed E-state index contributed by atoms with van der Waals surface area (Å²) in [5.41, 5.74) is 14.6. The van der Waals surface area contributed by atoms with E-state index in [4.69, 9.17) is 4.42 Å². The van der Waals surface area contributed by atoms with Crippen molar-refractivity contribution in [3.63, 3.8) is 0 Å². The zero-order chi connectivity index (χ0) is 40.3. The van der Waals surface area contributed by atoms with E-state index in [1.807, 2.05) is 23.5 Å². The molecule has 0 aliphatic heterocycles. The van der Waals surface area contributed by atoms with Crippen molar-refractivity contribution in [1.29, 1.82) is 0 Å². The van der Waals surface area contributed by atoms with Gasteiger partial charge in [-0.2, -0.15) is 0 Å². The van der Waals surface area contributed by atoms with E-state index in [1.165, 1.54) is 64.3 Å². The van der Waals surface area contributed by atoms with E-state index in [0.29, 0.717) is 0 Å². The topological polar surface area (TPSA) is 16.4 Å². The number of fused-ring (bicyclic) bond motifs is 7. The Bertz CT molecular complexity index is 3410. The molecule has 0 radical (unpaired) electrons. The van der Waals surface area contributed by atoms with Crippen molar-refractivity contribution in [2.24, 2.45) is 0 Å². The molecule has 0 atom stereocenters. The monoisotopic (exact) mass is 795 g/mol. The summed E-state index contributed by atoms with van der Waals surface area (Å²) in [6, 6.07) is 81.2. The van der Waals surface area contributed by atoms with E-state index in [9.17, 15) is 0 Å². The first-order valence-corrected chi connectivity index (χ1v) is 21.5. The number of furan rings is 1. The Hall–Kier alpha value is -7.72. The Morgan fingerprint density at radius 3 is 1.51 bits per heavy atom. The molecule has 0 bridgehead atoms.